The summed E-state index contributed by atoms with van der Waals surface area (Å²) in [6.45, 7) is 0. The first-order valence-corrected chi connectivity index (χ1v) is 6.58. The zero-order valence-electron chi connectivity index (χ0n) is 8.97. The van der Waals surface area contributed by atoms with Gasteiger partial charge in [0, 0.05) is 24.9 Å². The summed E-state index contributed by atoms with van der Waals surface area (Å²) in [6, 6.07) is 6.25. The molecule has 4 nitrogen and oxygen atoms in total. The molecule has 0 radical (unpaired) electrons. The van der Waals surface area contributed by atoms with Crippen molar-refractivity contribution in [3.05, 3.63) is 40.8 Å². The van der Waals surface area contributed by atoms with E-state index in [0.717, 1.165) is 6.26 Å². The molecule has 0 saturated carbocycles. The van der Waals surface area contributed by atoms with E-state index in [1.165, 1.54) is 16.7 Å². The monoisotopic (exact) mass is 237 g/mol. The summed E-state index contributed by atoms with van der Waals surface area (Å²) >= 11 is 0. The van der Waals surface area contributed by atoms with E-state index in [1.54, 1.807) is 25.4 Å². The normalized spacial score (nSPS) is 11.9. The highest BCUT2D eigenvalue weighted by atomic mass is 32.2. The summed E-state index contributed by atoms with van der Waals surface area (Å²) in [7, 11) is -1.57. The molecule has 0 aliphatic rings. The molecule has 1 aromatic carbocycles. The molecule has 2 rings (SSSR count). The molecule has 0 spiro atoms. The molecule has 0 fully saturated rings. The van der Waals surface area contributed by atoms with Crippen molar-refractivity contribution in [2.75, 3.05) is 6.26 Å². The Morgan fingerprint density at radius 3 is 2.50 bits per heavy atom. The maximum atomic E-state index is 11.7. The van der Waals surface area contributed by atoms with E-state index in [1.807, 2.05) is 0 Å². The van der Waals surface area contributed by atoms with Crippen molar-refractivity contribution in [2.45, 2.75) is 4.90 Å². The fourth-order valence-corrected chi connectivity index (χ4v) is 2.21. The summed E-state index contributed by atoms with van der Waals surface area (Å²) in [6.07, 6.45) is 2.77. The number of hydrogen-bond donors (Lipinski definition) is 0. The van der Waals surface area contributed by atoms with E-state index in [2.05, 4.69) is 0 Å². The van der Waals surface area contributed by atoms with Gasteiger partial charge in [-0.25, -0.2) is 8.42 Å². The van der Waals surface area contributed by atoms with E-state index in [4.69, 9.17) is 0 Å². The summed E-state index contributed by atoms with van der Waals surface area (Å²) in [5.41, 5.74) is -0.127. The standard InChI is InChI=1S/C11H11NO3S/c1-12-6-5-8-7-9(16(2,14)15)3-4-10(8)11(12)13/h3-7H,1-2H3. The minimum atomic E-state index is -3.23. The number of aryl methyl sites for hydroxylation is 1. The van der Waals surface area contributed by atoms with Crippen molar-refractivity contribution in [2.24, 2.45) is 7.05 Å². The minimum Gasteiger partial charge on any atom is -0.318 e. The van der Waals surface area contributed by atoms with Crippen LogP contribution in [0.25, 0.3) is 10.8 Å². The average Bonchev–Trinajstić information content (AvgIpc) is 2.22. The molecule has 0 aliphatic heterocycles. The van der Waals surface area contributed by atoms with Crippen LogP contribution in [0.1, 0.15) is 0 Å². The van der Waals surface area contributed by atoms with Gasteiger partial charge in [-0.1, -0.05) is 0 Å². The van der Waals surface area contributed by atoms with Crippen molar-refractivity contribution in [1.82, 2.24) is 4.57 Å². The van der Waals surface area contributed by atoms with E-state index in [-0.39, 0.29) is 10.5 Å². The quantitative estimate of drug-likeness (QED) is 0.741. The number of aromatic nitrogens is 1. The SMILES string of the molecule is Cn1ccc2cc(S(C)(=O)=O)ccc2c1=O. The molecule has 84 valence electrons. The van der Waals surface area contributed by atoms with Crippen LogP contribution in [0.15, 0.2) is 40.2 Å². The van der Waals surface area contributed by atoms with Gasteiger partial charge < -0.3 is 4.57 Å². The summed E-state index contributed by atoms with van der Waals surface area (Å²) in [5, 5.41) is 1.17. The van der Waals surface area contributed by atoms with Crippen LogP contribution in [0.5, 0.6) is 0 Å². The fraction of sp³-hybridized carbons (Fsp3) is 0.182. The summed E-state index contributed by atoms with van der Waals surface area (Å²) < 4.78 is 24.2. The van der Waals surface area contributed by atoms with E-state index in [0.29, 0.717) is 10.8 Å². The lowest BCUT2D eigenvalue weighted by Gasteiger charge is -2.03. The fourth-order valence-electron chi connectivity index (χ4n) is 1.55. The lowest BCUT2D eigenvalue weighted by Crippen LogP contribution is -2.15. The molecule has 5 heteroatoms. The molecule has 0 aliphatic carbocycles. The second-order valence-corrected chi connectivity index (χ2v) is 5.77. The number of rotatable bonds is 1. The van der Waals surface area contributed by atoms with Gasteiger partial charge >= 0.3 is 0 Å². The van der Waals surface area contributed by atoms with Crippen molar-refractivity contribution < 1.29 is 8.42 Å². The molecule has 0 unspecified atom stereocenters. The maximum Gasteiger partial charge on any atom is 0.258 e. The minimum absolute atomic E-state index is 0.127. The molecule has 0 atom stereocenters. The van der Waals surface area contributed by atoms with Gasteiger partial charge in [0.25, 0.3) is 5.56 Å². The van der Waals surface area contributed by atoms with Gasteiger partial charge in [-0.15, -0.1) is 0 Å². The number of hydrogen-bond acceptors (Lipinski definition) is 3. The average molecular weight is 237 g/mol. The van der Waals surface area contributed by atoms with E-state index in [9.17, 15) is 13.2 Å². The van der Waals surface area contributed by atoms with E-state index < -0.39 is 9.84 Å². The van der Waals surface area contributed by atoms with Crippen LogP contribution in [-0.4, -0.2) is 19.2 Å². The van der Waals surface area contributed by atoms with Gasteiger partial charge in [0.1, 0.15) is 0 Å². The third-order valence-electron chi connectivity index (χ3n) is 2.48. The largest absolute Gasteiger partial charge is 0.318 e. The Morgan fingerprint density at radius 1 is 1.19 bits per heavy atom. The molecule has 0 N–H and O–H groups in total. The van der Waals surface area contributed by atoms with Gasteiger partial charge in [-0.3, -0.25) is 4.79 Å². The highest BCUT2D eigenvalue weighted by Crippen LogP contribution is 2.16. The Kier molecular flexibility index (Phi) is 2.35. The molecular formula is C11H11NO3S. The topological polar surface area (TPSA) is 56.1 Å². The lowest BCUT2D eigenvalue weighted by atomic mass is 10.2. The number of sulfone groups is 1. The molecule has 0 saturated heterocycles. The summed E-state index contributed by atoms with van der Waals surface area (Å²) in [5.74, 6) is 0. The predicted molar refractivity (Wildman–Crippen MR) is 62.3 cm³/mol. The molecule has 0 bridgehead atoms. The van der Waals surface area contributed by atoms with Crippen LogP contribution >= 0.6 is 0 Å². The Balaban J connectivity index is 2.85. The number of pyridine rings is 1. The van der Waals surface area contributed by atoms with Crippen LogP contribution < -0.4 is 5.56 Å². The van der Waals surface area contributed by atoms with Crippen molar-refractivity contribution >= 4 is 20.6 Å². The highest BCUT2D eigenvalue weighted by molar-refractivity contribution is 7.90. The number of fused-ring (bicyclic) bond motifs is 1. The van der Waals surface area contributed by atoms with Crippen molar-refractivity contribution in [3.63, 3.8) is 0 Å². The van der Waals surface area contributed by atoms with Crippen molar-refractivity contribution in [1.29, 1.82) is 0 Å². The molecule has 16 heavy (non-hydrogen) atoms. The Labute approximate surface area is 93.1 Å². The van der Waals surface area contributed by atoms with Crippen LogP contribution in [0.4, 0.5) is 0 Å². The van der Waals surface area contributed by atoms with Gasteiger partial charge in [0.05, 0.1) is 4.90 Å². The third-order valence-corrected chi connectivity index (χ3v) is 3.59. The second-order valence-electron chi connectivity index (χ2n) is 3.75. The second kappa shape index (κ2) is 3.45. The maximum absolute atomic E-state index is 11.7. The first kappa shape index (κ1) is 10.9. The Morgan fingerprint density at radius 2 is 1.88 bits per heavy atom. The highest BCUT2D eigenvalue weighted by Gasteiger charge is 2.08. The predicted octanol–water partition coefficient (Wildman–Crippen LogP) is 0.942. The number of benzene rings is 1. The van der Waals surface area contributed by atoms with Crippen LogP contribution in [0, 0.1) is 0 Å². The third kappa shape index (κ3) is 1.74. The molecule has 0 amide bonds. The lowest BCUT2D eigenvalue weighted by molar-refractivity contribution is 0.602. The zero-order chi connectivity index (χ0) is 11.9. The van der Waals surface area contributed by atoms with Crippen molar-refractivity contribution in [3.8, 4) is 0 Å². The van der Waals surface area contributed by atoms with Gasteiger partial charge in [0.2, 0.25) is 0 Å². The van der Waals surface area contributed by atoms with Gasteiger partial charge in [0.15, 0.2) is 9.84 Å². The molecule has 2 aromatic rings. The molecular weight excluding hydrogens is 226 g/mol. The van der Waals surface area contributed by atoms with Crippen LogP contribution in [0.3, 0.4) is 0 Å². The molecule has 1 aromatic heterocycles. The van der Waals surface area contributed by atoms with Crippen LogP contribution in [0.2, 0.25) is 0 Å². The zero-order valence-corrected chi connectivity index (χ0v) is 9.78. The first-order chi connectivity index (χ1) is 7.39. The smallest absolute Gasteiger partial charge is 0.258 e. The van der Waals surface area contributed by atoms with E-state index >= 15 is 0 Å². The molecule has 1 heterocycles. The van der Waals surface area contributed by atoms with Gasteiger partial charge in [-0.2, -0.15) is 0 Å². The number of nitrogens with zero attached hydrogens (tertiary/aromatic N) is 1. The van der Waals surface area contributed by atoms with Gasteiger partial charge in [-0.05, 0) is 29.7 Å². The Hall–Kier alpha value is -1.62. The summed E-state index contributed by atoms with van der Waals surface area (Å²) in [4.78, 5) is 11.9. The first-order valence-electron chi connectivity index (χ1n) is 4.69. The Bertz CT molecular complexity index is 714. The van der Waals surface area contributed by atoms with Crippen LogP contribution in [-0.2, 0) is 16.9 Å².